The molecule has 0 N–H and O–H groups in total. The van der Waals surface area contributed by atoms with Gasteiger partial charge in [0.1, 0.15) is 0 Å². The first-order valence-corrected chi connectivity index (χ1v) is 10.6. The van der Waals surface area contributed by atoms with Crippen LogP contribution in [0, 0.1) is 0 Å². The third-order valence-corrected chi connectivity index (χ3v) is 6.11. The highest BCUT2D eigenvalue weighted by molar-refractivity contribution is 9.08. The lowest BCUT2D eigenvalue weighted by Crippen LogP contribution is -2.41. The number of hydrogen-bond donors (Lipinski definition) is 0. The second kappa shape index (κ2) is 8.01. The molecule has 6 heteroatoms. The molecule has 4 nitrogen and oxygen atoms in total. The first-order chi connectivity index (χ1) is 13.2. The number of esters is 1. The number of carbonyl (C=O) groups excluding carboxylic acids is 1. The van der Waals surface area contributed by atoms with Gasteiger partial charge in [0.15, 0.2) is 0 Å². The summed E-state index contributed by atoms with van der Waals surface area (Å²) in [6, 6.07) is 13.7. The van der Waals surface area contributed by atoms with Crippen LogP contribution >= 0.6 is 15.9 Å². The molecule has 2 aromatic rings. The van der Waals surface area contributed by atoms with Gasteiger partial charge in [-0.05, 0) is 68.9 Å². The van der Waals surface area contributed by atoms with Gasteiger partial charge in [-0.15, -0.1) is 0 Å². The third kappa shape index (κ3) is 4.05. The van der Waals surface area contributed by atoms with Gasteiger partial charge in [0, 0.05) is 5.33 Å². The van der Waals surface area contributed by atoms with Gasteiger partial charge in [-0.25, -0.2) is 4.79 Å². The maximum atomic E-state index is 12.0. The Bertz CT molecular complexity index is 863. The zero-order valence-corrected chi connectivity index (χ0v) is 18.6. The lowest BCUT2D eigenvalue weighted by atomic mass is 9.75. The Morgan fingerprint density at radius 1 is 1.04 bits per heavy atom. The molecule has 0 aliphatic carbocycles. The molecule has 1 aliphatic rings. The summed E-state index contributed by atoms with van der Waals surface area (Å²) in [6.45, 7) is 10.4. The maximum absolute atomic E-state index is 12.0. The predicted octanol–water partition coefficient (Wildman–Crippen LogP) is 4.72. The molecule has 1 fully saturated rings. The maximum Gasteiger partial charge on any atom is 0.495 e. The van der Waals surface area contributed by atoms with E-state index in [1.54, 1.807) is 13.0 Å². The number of ether oxygens (including phenoxy) is 1. The molecule has 28 heavy (non-hydrogen) atoms. The van der Waals surface area contributed by atoms with E-state index in [9.17, 15) is 4.79 Å². The Hall–Kier alpha value is -1.63. The molecule has 0 bridgehead atoms. The van der Waals surface area contributed by atoms with Gasteiger partial charge in [-0.1, -0.05) is 46.3 Å². The van der Waals surface area contributed by atoms with Crippen LogP contribution in [0.2, 0.25) is 0 Å². The van der Waals surface area contributed by atoms with Crippen molar-refractivity contribution in [3.63, 3.8) is 0 Å². The molecule has 148 valence electrons. The monoisotopic (exact) mass is 444 g/mol. The Labute approximate surface area is 175 Å². The van der Waals surface area contributed by atoms with E-state index in [1.165, 1.54) is 0 Å². The van der Waals surface area contributed by atoms with Crippen LogP contribution < -0.4 is 5.46 Å². The minimum absolute atomic E-state index is 0.307. The molecular weight excluding hydrogens is 419 g/mol. The van der Waals surface area contributed by atoms with E-state index in [-0.39, 0.29) is 17.2 Å². The van der Waals surface area contributed by atoms with Crippen molar-refractivity contribution in [2.45, 2.75) is 51.2 Å². The average Bonchev–Trinajstić information content (AvgIpc) is 2.88. The average molecular weight is 445 g/mol. The minimum Gasteiger partial charge on any atom is -0.462 e. The molecule has 0 spiro atoms. The van der Waals surface area contributed by atoms with Crippen LogP contribution in [0.4, 0.5) is 0 Å². The predicted molar refractivity (Wildman–Crippen MR) is 116 cm³/mol. The molecular formula is C22H26BBrO4. The summed E-state index contributed by atoms with van der Waals surface area (Å²) in [5, 5.41) is 0.678. The third-order valence-electron chi connectivity index (χ3n) is 5.50. The van der Waals surface area contributed by atoms with Crippen molar-refractivity contribution < 1.29 is 18.8 Å². The first-order valence-electron chi connectivity index (χ1n) is 9.50. The Balaban J connectivity index is 1.93. The standard InChI is InChI=1S/C22H26BBrO4/c1-6-26-20(25)17-9-7-8-15(12-17)16-10-11-19(18(13-16)14-24)23-27-21(2,3)22(4,5)28-23/h7-13H,6,14H2,1-5H3. The van der Waals surface area contributed by atoms with Crippen molar-refractivity contribution in [3.05, 3.63) is 53.6 Å². The van der Waals surface area contributed by atoms with Crippen molar-refractivity contribution in [3.8, 4) is 11.1 Å². The fourth-order valence-electron chi connectivity index (χ4n) is 3.14. The van der Waals surface area contributed by atoms with E-state index in [4.69, 9.17) is 14.0 Å². The minimum atomic E-state index is -0.405. The summed E-state index contributed by atoms with van der Waals surface area (Å²) in [5.41, 5.74) is 3.89. The number of carbonyl (C=O) groups is 1. The van der Waals surface area contributed by atoms with E-state index in [0.29, 0.717) is 17.5 Å². The first kappa shape index (κ1) is 21.1. The van der Waals surface area contributed by atoms with E-state index in [2.05, 4.69) is 49.7 Å². The van der Waals surface area contributed by atoms with Crippen LogP contribution in [0.15, 0.2) is 42.5 Å². The highest BCUT2D eigenvalue weighted by Crippen LogP contribution is 2.37. The Morgan fingerprint density at radius 3 is 2.29 bits per heavy atom. The second-order valence-corrected chi connectivity index (χ2v) is 8.50. The van der Waals surface area contributed by atoms with Gasteiger partial charge >= 0.3 is 13.1 Å². The zero-order valence-electron chi connectivity index (χ0n) is 17.0. The van der Waals surface area contributed by atoms with Gasteiger partial charge < -0.3 is 14.0 Å². The van der Waals surface area contributed by atoms with Gasteiger partial charge in [-0.3, -0.25) is 0 Å². The van der Waals surface area contributed by atoms with Gasteiger partial charge in [0.2, 0.25) is 0 Å². The topological polar surface area (TPSA) is 44.8 Å². The number of hydrogen-bond acceptors (Lipinski definition) is 4. The van der Waals surface area contributed by atoms with E-state index >= 15 is 0 Å². The molecule has 0 saturated carbocycles. The fraction of sp³-hybridized carbons (Fsp3) is 0.409. The highest BCUT2D eigenvalue weighted by Gasteiger charge is 2.52. The number of halogens is 1. The molecule has 0 unspecified atom stereocenters. The van der Waals surface area contributed by atoms with Crippen molar-refractivity contribution in [1.29, 1.82) is 0 Å². The van der Waals surface area contributed by atoms with Gasteiger partial charge in [-0.2, -0.15) is 0 Å². The number of rotatable bonds is 5. The molecule has 0 atom stereocenters. The van der Waals surface area contributed by atoms with E-state index in [1.807, 2.05) is 30.3 Å². The molecule has 0 amide bonds. The molecule has 3 rings (SSSR count). The van der Waals surface area contributed by atoms with Crippen molar-refractivity contribution >= 4 is 34.5 Å². The quantitative estimate of drug-likeness (QED) is 0.380. The Morgan fingerprint density at radius 2 is 1.68 bits per heavy atom. The lowest BCUT2D eigenvalue weighted by Gasteiger charge is -2.32. The van der Waals surface area contributed by atoms with Crippen LogP contribution in [-0.2, 0) is 19.4 Å². The van der Waals surface area contributed by atoms with Crippen LogP contribution in [0.3, 0.4) is 0 Å². The summed E-state index contributed by atoms with van der Waals surface area (Å²) >= 11 is 3.59. The molecule has 1 heterocycles. The van der Waals surface area contributed by atoms with Crippen molar-refractivity contribution in [2.24, 2.45) is 0 Å². The van der Waals surface area contributed by atoms with E-state index < -0.39 is 7.12 Å². The lowest BCUT2D eigenvalue weighted by molar-refractivity contribution is 0.00578. The van der Waals surface area contributed by atoms with Crippen LogP contribution in [-0.4, -0.2) is 30.9 Å². The Kier molecular flexibility index (Phi) is 6.04. The SMILES string of the molecule is CCOC(=O)c1cccc(-c2ccc(B3OC(C)(C)C(C)(C)O3)c(CBr)c2)c1. The summed E-state index contributed by atoms with van der Waals surface area (Å²) in [7, 11) is -0.405. The number of alkyl halides is 1. The highest BCUT2D eigenvalue weighted by atomic mass is 79.9. The summed E-state index contributed by atoms with van der Waals surface area (Å²) in [4.78, 5) is 12.0. The summed E-state index contributed by atoms with van der Waals surface area (Å²) in [6.07, 6.45) is 0. The summed E-state index contributed by atoms with van der Waals surface area (Å²) in [5.74, 6) is -0.307. The summed E-state index contributed by atoms with van der Waals surface area (Å²) < 4.78 is 17.5. The normalized spacial score (nSPS) is 17.6. The van der Waals surface area contributed by atoms with Gasteiger partial charge in [0.25, 0.3) is 0 Å². The van der Waals surface area contributed by atoms with Crippen LogP contribution in [0.1, 0.15) is 50.5 Å². The second-order valence-electron chi connectivity index (χ2n) is 7.94. The molecule has 0 radical (unpaired) electrons. The van der Waals surface area contributed by atoms with E-state index in [0.717, 1.165) is 22.2 Å². The van der Waals surface area contributed by atoms with Crippen molar-refractivity contribution in [1.82, 2.24) is 0 Å². The fourth-order valence-corrected chi connectivity index (χ4v) is 3.63. The molecule has 1 aliphatic heterocycles. The smallest absolute Gasteiger partial charge is 0.462 e. The van der Waals surface area contributed by atoms with Gasteiger partial charge in [0.05, 0.1) is 23.4 Å². The largest absolute Gasteiger partial charge is 0.495 e. The molecule has 1 saturated heterocycles. The molecule has 0 aromatic heterocycles. The van der Waals surface area contributed by atoms with Crippen molar-refractivity contribution in [2.75, 3.05) is 6.61 Å². The zero-order chi connectivity index (χ0) is 20.5. The molecule has 2 aromatic carbocycles. The van der Waals surface area contributed by atoms with Crippen LogP contribution in [0.5, 0.6) is 0 Å². The number of benzene rings is 2. The van der Waals surface area contributed by atoms with Crippen LogP contribution in [0.25, 0.3) is 11.1 Å².